The number of aryl methyl sites for hydroxylation is 2. The molecule has 0 bridgehead atoms. The molecule has 0 unspecified atom stereocenters. The predicted molar refractivity (Wildman–Crippen MR) is 247 cm³/mol. The van der Waals surface area contributed by atoms with Gasteiger partial charge in [-0.1, -0.05) is 183 Å². The third-order valence-corrected chi connectivity index (χ3v) is 13.8. The molecule has 1 heteroatoms. The molecule has 1 nitrogen and oxygen atoms in total. The van der Waals surface area contributed by atoms with Gasteiger partial charge in [0.2, 0.25) is 0 Å². The molecular formula is C58H43N. The standard InChI is InChI=1S/C58H43N/c1-36-23-30-45-46-31-24-37(2)34-53(46)58(52(45)33-36)50-20-10-7-16-44(50)47-32-29-41(35-54(47)58)59(55-22-11-14-38-13-5-6-15-42(38)55)40-27-25-39(26-28-40)43-18-12-21-51-56(43)48-17-8-9-19-49(48)57(51,3)4/h5-35H,1-4H3. The van der Waals surface area contributed by atoms with Crippen LogP contribution in [0.2, 0.25) is 0 Å². The normalized spacial score (nSPS) is 14.4. The van der Waals surface area contributed by atoms with Gasteiger partial charge in [-0.15, -0.1) is 0 Å². The molecule has 9 aromatic carbocycles. The van der Waals surface area contributed by atoms with Crippen molar-refractivity contribution in [2.24, 2.45) is 0 Å². The lowest BCUT2D eigenvalue weighted by atomic mass is 9.70. The Labute approximate surface area is 346 Å². The lowest BCUT2D eigenvalue weighted by molar-refractivity contribution is 0.660. The van der Waals surface area contributed by atoms with Crippen molar-refractivity contribution in [2.75, 3.05) is 4.90 Å². The van der Waals surface area contributed by atoms with Gasteiger partial charge >= 0.3 is 0 Å². The van der Waals surface area contributed by atoms with E-state index in [0.29, 0.717) is 0 Å². The van der Waals surface area contributed by atoms with Crippen LogP contribution in [0.4, 0.5) is 17.1 Å². The second-order valence-corrected chi connectivity index (χ2v) is 17.4. The SMILES string of the molecule is Cc1ccc2c(c1)C1(c3ccccc3-c3ccc(N(c4ccc(-c5cccc6c5-c5ccccc5C6(C)C)cc4)c4cccc5ccccc45)cc31)c1cc(C)ccc1-2. The van der Waals surface area contributed by atoms with Gasteiger partial charge in [-0.2, -0.15) is 0 Å². The summed E-state index contributed by atoms with van der Waals surface area (Å²) in [6, 6.07) is 71.1. The van der Waals surface area contributed by atoms with Crippen molar-refractivity contribution in [3.05, 3.63) is 233 Å². The smallest absolute Gasteiger partial charge is 0.0726 e. The van der Waals surface area contributed by atoms with Crippen molar-refractivity contribution in [1.82, 2.24) is 0 Å². The maximum Gasteiger partial charge on any atom is 0.0726 e. The zero-order chi connectivity index (χ0) is 39.6. The minimum atomic E-state index is -0.434. The van der Waals surface area contributed by atoms with Crippen LogP contribution in [0.5, 0.6) is 0 Å². The summed E-state index contributed by atoms with van der Waals surface area (Å²) in [6.07, 6.45) is 0. The molecule has 0 saturated heterocycles. The van der Waals surface area contributed by atoms with Crippen LogP contribution in [-0.4, -0.2) is 0 Å². The second kappa shape index (κ2) is 12.3. The van der Waals surface area contributed by atoms with Gasteiger partial charge in [-0.05, 0) is 127 Å². The number of fused-ring (bicyclic) bond motifs is 14. The van der Waals surface area contributed by atoms with E-state index in [1.54, 1.807) is 0 Å². The average molecular weight is 754 g/mol. The summed E-state index contributed by atoms with van der Waals surface area (Å²) in [5.74, 6) is 0. The number of hydrogen-bond acceptors (Lipinski definition) is 1. The van der Waals surface area contributed by atoms with E-state index in [2.05, 4.69) is 221 Å². The van der Waals surface area contributed by atoms with Gasteiger partial charge in [0.05, 0.1) is 11.1 Å². The van der Waals surface area contributed by atoms with Gasteiger partial charge < -0.3 is 4.90 Å². The molecule has 1 spiro atoms. The van der Waals surface area contributed by atoms with Crippen molar-refractivity contribution in [2.45, 2.75) is 38.5 Å². The number of benzene rings is 9. The van der Waals surface area contributed by atoms with Crippen LogP contribution in [0.15, 0.2) is 188 Å². The molecule has 9 aromatic rings. The highest BCUT2D eigenvalue weighted by molar-refractivity contribution is 6.01. The molecule has 3 aliphatic carbocycles. The quantitative estimate of drug-likeness (QED) is 0.173. The van der Waals surface area contributed by atoms with E-state index in [4.69, 9.17) is 0 Å². The van der Waals surface area contributed by atoms with E-state index in [1.165, 1.54) is 99.8 Å². The summed E-state index contributed by atoms with van der Waals surface area (Å²) in [5.41, 5.74) is 24.3. The zero-order valence-electron chi connectivity index (χ0n) is 33.8. The monoisotopic (exact) mass is 753 g/mol. The molecule has 59 heavy (non-hydrogen) atoms. The molecule has 0 amide bonds. The molecule has 3 aliphatic rings. The summed E-state index contributed by atoms with van der Waals surface area (Å²) in [7, 11) is 0. The third-order valence-electron chi connectivity index (χ3n) is 13.8. The van der Waals surface area contributed by atoms with Crippen molar-refractivity contribution in [3.8, 4) is 44.5 Å². The van der Waals surface area contributed by atoms with E-state index >= 15 is 0 Å². The first-order valence-corrected chi connectivity index (χ1v) is 20.9. The number of hydrogen-bond donors (Lipinski definition) is 0. The average Bonchev–Trinajstić information content (AvgIpc) is 3.81. The Bertz CT molecular complexity index is 3160. The molecule has 0 aliphatic heterocycles. The Morgan fingerprint density at radius 1 is 0.373 bits per heavy atom. The van der Waals surface area contributed by atoms with Crippen molar-refractivity contribution >= 4 is 27.8 Å². The summed E-state index contributed by atoms with van der Waals surface area (Å²) in [4.78, 5) is 2.49. The fourth-order valence-corrected chi connectivity index (χ4v) is 11.2. The Morgan fingerprint density at radius 2 is 0.898 bits per heavy atom. The number of rotatable bonds is 4. The Kier molecular flexibility index (Phi) is 7.10. The minimum absolute atomic E-state index is 0.0463. The molecular weight excluding hydrogens is 711 g/mol. The van der Waals surface area contributed by atoms with Gasteiger partial charge in [0, 0.05) is 22.2 Å². The summed E-state index contributed by atoms with van der Waals surface area (Å²) < 4.78 is 0. The first kappa shape index (κ1) is 34.1. The summed E-state index contributed by atoms with van der Waals surface area (Å²) in [6.45, 7) is 9.18. The molecule has 0 fully saturated rings. The molecule has 0 radical (unpaired) electrons. The van der Waals surface area contributed by atoms with Crippen LogP contribution < -0.4 is 4.90 Å². The third kappa shape index (κ3) is 4.62. The number of nitrogens with zero attached hydrogens (tertiary/aromatic N) is 1. The molecule has 0 N–H and O–H groups in total. The summed E-state index contributed by atoms with van der Waals surface area (Å²) in [5, 5.41) is 2.45. The molecule has 0 saturated carbocycles. The fraction of sp³-hybridized carbons (Fsp3) is 0.103. The summed E-state index contributed by atoms with van der Waals surface area (Å²) >= 11 is 0. The van der Waals surface area contributed by atoms with Crippen LogP contribution in [0.1, 0.15) is 58.4 Å². The van der Waals surface area contributed by atoms with Crippen LogP contribution in [-0.2, 0) is 10.8 Å². The van der Waals surface area contributed by atoms with Crippen LogP contribution in [0, 0.1) is 13.8 Å². The van der Waals surface area contributed by atoms with Crippen LogP contribution in [0.3, 0.4) is 0 Å². The lowest BCUT2D eigenvalue weighted by Gasteiger charge is -2.33. The highest BCUT2D eigenvalue weighted by Crippen LogP contribution is 2.64. The van der Waals surface area contributed by atoms with Crippen LogP contribution >= 0.6 is 0 Å². The van der Waals surface area contributed by atoms with E-state index in [9.17, 15) is 0 Å². The molecule has 0 heterocycles. The first-order valence-electron chi connectivity index (χ1n) is 20.9. The molecule has 280 valence electrons. The van der Waals surface area contributed by atoms with E-state index in [0.717, 1.165) is 17.1 Å². The zero-order valence-corrected chi connectivity index (χ0v) is 33.8. The van der Waals surface area contributed by atoms with Gasteiger partial charge in [-0.25, -0.2) is 0 Å². The largest absolute Gasteiger partial charge is 0.310 e. The van der Waals surface area contributed by atoms with Crippen molar-refractivity contribution < 1.29 is 0 Å². The minimum Gasteiger partial charge on any atom is -0.310 e. The van der Waals surface area contributed by atoms with Crippen molar-refractivity contribution in [1.29, 1.82) is 0 Å². The Hall–Kier alpha value is -6.96. The maximum atomic E-state index is 2.51. The maximum absolute atomic E-state index is 2.51. The first-order chi connectivity index (χ1) is 28.8. The highest BCUT2D eigenvalue weighted by atomic mass is 15.1. The van der Waals surface area contributed by atoms with Gasteiger partial charge in [0.1, 0.15) is 0 Å². The van der Waals surface area contributed by atoms with Gasteiger partial charge in [0.15, 0.2) is 0 Å². The van der Waals surface area contributed by atoms with Gasteiger partial charge in [0.25, 0.3) is 0 Å². The topological polar surface area (TPSA) is 3.24 Å². The molecule has 12 rings (SSSR count). The number of anilines is 3. The highest BCUT2D eigenvalue weighted by Gasteiger charge is 2.52. The molecule has 0 aromatic heterocycles. The Morgan fingerprint density at radius 3 is 1.64 bits per heavy atom. The van der Waals surface area contributed by atoms with Crippen molar-refractivity contribution in [3.63, 3.8) is 0 Å². The van der Waals surface area contributed by atoms with E-state index < -0.39 is 5.41 Å². The second-order valence-electron chi connectivity index (χ2n) is 17.4. The fourth-order valence-electron chi connectivity index (χ4n) is 11.2. The van der Waals surface area contributed by atoms with Gasteiger partial charge in [-0.3, -0.25) is 0 Å². The van der Waals surface area contributed by atoms with E-state index in [-0.39, 0.29) is 5.41 Å². The Balaban J connectivity index is 1.08. The lowest BCUT2D eigenvalue weighted by Crippen LogP contribution is -2.26. The molecule has 0 atom stereocenters. The predicted octanol–water partition coefficient (Wildman–Crippen LogP) is 15.2. The van der Waals surface area contributed by atoms with Crippen LogP contribution in [0.25, 0.3) is 55.3 Å². The van der Waals surface area contributed by atoms with E-state index in [1.807, 2.05) is 0 Å².